The van der Waals surface area contributed by atoms with Gasteiger partial charge in [0.15, 0.2) is 11.8 Å². The van der Waals surface area contributed by atoms with Crippen LogP contribution in [0, 0.1) is 22.8 Å². The first-order chi connectivity index (χ1) is 5.11. The van der Waals surface area contributed by atoms with Crippen molar-refractivity contribution in [3.05, 3.63) is 11.8 Å². The zero-order valence-electron chi connectivity index (χ0n) is 5.77. The molecule has 0 aromatic carbocycles. The minimum atomic E-state index is -1.34. The maximum Gasteiger partial charge on any atom is 0.347 e. The van der Waals surface area contributed by atoms with Gasteiger partial charge in [-0.15, -0.1) is 0 Å². The number of nitrogens with zero attached hydrogens (tertiary/aromatic N) is 3. The van der Waals surface area contributed by atoms with Gasteiger partial charge >= 0.3 is 5.97 Å². The molecule has 0 radical (unpaired) electrons. The standard InChI is InChI=1S/C6H5N3O2/c1-9(4-8)3-5(2-7)6(10)11/h3H,1H3,(H,10,11)/b5-3-. The summed E-state index contributed by atoms with van der Waals surface area (Å²) in [6, 6.07) is 1.44. The molecule has 0 aliphatic rings. The van der Waals surface area contributed by atoms with Crippen LogP contribution in [-0.4, -0.2) is 23.0 Å². The minimum absolute atomic E-state index is 0.464. The quantitative estimate of drug-likeness (QED) is 0.257. The molecule has 0 aliphatic heterocycles. The van der Waals surface area contributed by atoms with Crippen LogP contribution in [-0.2, 0) is 4.79 Å². The predicted octanol–water partition coefficient (Wildman–Crippen LogP) is -0.109. The molecule has 5 heteroatoms. The molecule has 0 unspecified atom stereocenters. The van der Waals surface area contributed by atoms with Gasteiger partial charge in [0, 0.05) is 13.2 Å². The number of nitriles is 2. The number of carbonyl (C=O) groups is 1. The summed E-state index contributed by atoms with van der Waals surface area (Å²) in [5.74, 6) is -1.34. The predicted molar refractivity (Wildman–Crippen MR) is 34.7 cm³/mol. The van der Waals surface area contributed by atoms with Crippen molar-refractivity contribution in [2.45, 2.75) is 0 Å². The highest BCUT2D eigenvalue weighted by Gasteiger charge is 2.05. The molecule has 1 N–H and O–H groups in total. The third kappa shape index (κ3) is 2.87. The van der Waals surface area contributed by atoms with Crippen LogP contribution in [0.1, 0.15) is 0 Å². The zero-order valence-corrected chi connectivity index (χ0v) is 5.77. The van der Waals surface area contributed by atoms with Crippen LogP contribution in [0.15, 0.2) is 11.8 Å². The molecular weight excluding hydrogens is 146 g/mol. The number of rotatable bonds is 2. The number of carboxylic acid groups (broad SMARTS) is 1. The number of carboxylic acids is 1. The Hall–Kier alpha value is -2.01. The van der Waals surface area contributed by atoms with Crippen LogP contribution >= 0.6 is 0 Å². The van der Waals surface area contributed by atoms with Crippen molar-refractivity contribution in [3.8, 4) is 12.3 Å². The normalized spacial score (nSPS) is 9.55. The van der Waals surface area contributed by atoms with Crippen molar-refractivity contribution in [2.75, 3.05) is 7.05 Å². The summed E-state index contributed by atoms with van der Waals surface area (Å²) in [6.07, 6.45) is 2.57. The van der Waals surface area contributed by atoms with Gasteiger partial charge in [-0.25, -0.2) is 4.79 Å². The molecule has 0 rings (SSSR count). The van der Waals surface area contributed by atoms with E-state index in [9.17, 15) is 4.79 Å². The first kappa shape index (κ1) is 8.99. The summed E-state index contributed by atoms with van der Waals surface area (Å²) in [4.78, 5) is 11.1. The molecule has 0 amide bonds. The van der Waals surface area contributed by atoms with Crippen molar-refractivity contribution < 1.29 is 9.90 Å². The zero-order chi connectivity index (χ0) is 8.85. The molecule has 0 spiro atoms. The van der Waals surface area contributed by atoms with E-state index in [4.69, 9.17) is 15.6 Å². The van der Waals surface area contributed by atoms with Crippen LogP contribution in [0.3, 0.4) is 0 Å². The smallest absolute Gasteiger partial charge is 0.347 e. The summed E-state index contributed by atoms with van der Waals surface area (Å²) >= 11 is 0. The Morgan fingerprint density at radius 1 is 1.64 bits per heavy atom. The lowest BCUT2D eigenvalue weighted by atomic mass is 10.3. The maximum atomic E-state index is 10.2. The Labute approximate surface area is 63.4 Å². The summed E-state index contributed by atoms with van der Waals surface area (Å²) < 4.78 is 0. The van der Waals surface area contributed by atoms with Crippen molar-refractivity contribution in [3.63, 3.8) is 0 Å². The Morgan fingerprint density at radius 3 is 2.45 bits per heavy atom. The number of hydrogen-bond acceptors (Lipinski definition) is 4. The molecule has 0 atom stereocenters. The molecule has 5 nitrogen and oxygen atoms in total. The van der Waals surface area contributed by atoms with Crippen LogP contribution in [0.5, 0.6) is 0 Å². The third-order valence-electron chi connectivity index (χ3n) is 0.831. The molecule has 0 bridgehead atoms. The second kappa shape index (κ2) is 3.91. The van der Waals surface area contributed by atoms with Gasteiger partial charge in [0.1, 0.15) is 6.07 Å². The van der Waals surface area contributed by atoms with E-state index in [0.29, 0.717) is 0 Å². The van der Waals surface area contributed by atoms with Crippen LogP contribution in [0.4, 0.5) is 0 Å². The van der Waals surface area contributed by atoms with Crippen molar-refractivity contribution >= 4 is 5.97 Å². The first-order valence-corrected chi connectivity index (χ1v) is 2.59. The highest BCUT2D eigenvalue weighted by molar-refractivity contribution is 5.90. The van der Waals surface area contributed by atoms with Gasteiger partial charge in [-0.2, -0.15) is 10.5 Å². The first-order valence-electron chi connectivity index (χ1n) is 2.59. The lowest BCUT2D eigenvalue weighted by molar-refractivity contribution is -0.132. The summed E-state index contributed by atoms with van der Waals surface area (Å²) in [7, 11) is 1.35. The molecule has 0 saturated heterocycles. The van der Waals surface area contributed by atoms with E-state index in [1.807, 2.05) is 0 Å². The van der Waals surface area contributed by atoms with Gasteiger partial charge < -0.3 is 5.11 Å². The topological polar surface area (TPSA) is 88.1 Å². The fourth-order valence-corrected chi connectivity index (χ4v) is 0.354. The molecule has 0 saturated carbocycles. The van der Waals surface area contributed by atoms with Crippen molar-refractivity contribution in [2.24, 2.45) is 0 Å². The Balaban J connectivity index is 4.55. The van der Waals surface area contributed by atoms with Gasteiger partial charge in [0.2, 0.25) is 0 Å². The molecule has 0 aromatic heterocycles. The SMILES string of the molecule is CN(C#N)/C=C(/C#N)C(=O)O. The van der Waals surface area contributed by atoms with Gasteiger partial charge in [-0.05, 0) is 0 Å². The lowest BCUT2D eigenvalue weighted by Crippen LogP contribution is -2.06. The van der Waals surface area contributed by atoms with Crippen LogP contribution < -0.4 is 0 Å². The van der Waals surface area contributed by atoms with Crippen molar-refractivity contribution in [1.82, 2.24) is 4.90 Å². The molecule has 11 heavy (non-hydrogen) atoms. The molecule has 0 fully saturated rings. The lowest BCUT2D eigenvalue weighted by Gasteiger charge is -1.98. The maximum absolute atomic E-state index is 10.2. The minimum Gasteiger partial charge on any atom is -0.477 e. The second-order valence-corrected chi connectivity index (χ2v) is 1.67. The Kier molecular flexibility index (Phi) is 3.20. The van der Waals surface area contributed by atoms with E-state index in [0.717, 1.165) is 11.1 Å². The van der Waals surface area contributed by atoms with Gasteiger partial charge in [-0.3, -0.25) is 4.90 Å². The molecule has 0 aromatic rings. The summed E-state index contributed by atoms with van der Waals surface area (Å²) in [5, 5.41) is 24.7. The fraction of sp³-hybridized carbons (Fsp3) is 0.167. The van der Waals surface area contributed by atoms with Gasteiger partial charge in [-0.1, -0.05) is 0 Å². The van der Waals surface area contributed by atoms with E-state index < -0.39 is 11.5 Å². The van der Waals surface area contributed by atoms with Crippen LogP contribution in [0.25, 0.3) is 0 Å². The van der Waals surface area contributed by atoms with E-state index in [-0.39, 0.29) is 0 Å². The van der Waals surface area contributed by atoms with Crippen molar-refractivity contribution in [1.29, 1.82) is 10.5 Å². The molecule has 0 aliphatic carbocycles. The molecule has 56 valence electrons. The Bertz CT molecular complexity index is 269. The summed E-state index contributed by atoms with van der Waals surface area (Å²) in [6.45, 7) is 0. The van der Waals surface area contributed by atoms with Crippen LogP contribution in [0.2, 0.25) is 0 Å². The molecular formula is C6H5N3O2. The second-order valence-electron chi connectivity index (χ2n) is 1.67. The number of hydrogen-bond donors (Lipinski definition) is 1. The largest absolute Gasteiger partial charge is 0.477 e. The van der Waals surface area contributed by atoms with E-state index in [1.54, 1.807) is 6.19 Å². The average molecular weight is 151 g/mol. The summed E-state index contributed by atoms with van der Waals surface area (Å²) in [5.41, 5.74) is -0.464. The number of aliphatic carboxylic acids is 1. The van der Waals surface area contributed by atoms with E-state index in [2.05, 4.69) is 0 Å². The van der Waals surface area contributed by atoms with Gasteiger partial charge in [0.25, 0.3) is 0 Å². The highest BCUT2D eigenvalue weighted by Crippen LogP contribution is 1.93. The monoisotopic (exact) mass is 151 g/mol. The fourth-order valence-electron chi connectivity index (χ4n) is 0.354. The van der Waals surface area contributed by atoms with Gasteiger partial charge in [0.05, 0.1) is 0 Å². The average Bonchev–Trinajstić information content (AvgIpc) is 1.99. The third-order valence-corrected chi connectivity index (χ3v) is 0.831. The Morgan fingerprint density at radius 2 is 2.18 bits per heavy atom. The molecule has 0 heterocycles. The highest BCUT2D eigenvalue weighted by atomic mass is 16.4. The van der Waals surface area contributed by atoms with E-state index >= 15 is 0 Å². The van der Waals surface area contributed by atoms with E-state index in [1.165, 1.54) is 13.1 Å².